The summed E-state index contributed by atoms with van der Waals surface area (Å²) in [5, 5.41) is 6.50. The number of carbonyl (C=O) groups is 1. The fraction of sp³-hybridized carbons (Fsp3) is 0.0556. The van der Waals surface area contributed by atoms with Crippen LogP contribution in [0.2, 0.25) is 5.02 Å². The van der Waals surface area contributed by atoms with E-state index >= 15 is 0 Å². The van der Waals surface area contributed by atoms with Gasteiger partial charge in [-0.2, -0.15) is 0 Å². The molecule has 0 fully saturated rings. The number of rotatable bonds is 4. The molecule has 3 rings (SSSR count). The van der Waals surface area contributed by atoms with Crippen molar-refractivity contribution in [3.8, 4) is 0 Å². The maximum Gasteiger partial charge on any atom is 0.258 e. The van der Waals surface area contributed by atoms with Gasteiger partial charge in [0.15, 0.2) is 0 Å². The summed E-state index contributed by atoms with van der Waals surface area (Å²) in [5.41, 5.74) is 1.81. The SMILES string of the molecule is Cn1cc(C(=O)Nc2ccc(Nc3cccc(Cl)c3)cn2)ccc1=O. The summed E-state index contributed by atoms with van der Waals surface area (Å²) in [5.74, 6) is 0.0779. The van der Waals surface area contributed by atoms with Crippen molar-refractivity contribution in [2.45, 2.75) is 0 Å². The van der Waals surface area contributed by atoms with Crippen LogP contribution in [0.5, 0.6) is 0 Å². The third-order valence-corrected chi connectivity index (χ3v) is 3.70. The van der Waals surface area contributed by atoms with Gasteiger partial charge in [0.1, 0.15) is 5.82 Å². The summed E-state index contributed by atoms with van der Waals surface area (Å²) in [6.07, 6.45) is 3.09. The van der Waals surface area contributed by atoms with E-state index in [-0.39, 0.29) is 11.5 Å². The molecule has 2 heterocycles. The third kappa shape index (κ3) is 4.24. The molecule has 25 heavy (non-hydrogen) atoms. The van der Waals surface area contributed by atoms with Crippen molar-refractivity contribution in [1.29, 1.82) is 0 Å². The lowest BCUT2D eigenvalue weighted by atomic mass is 10.2. The van der Waals surface area contributed by atoms with Crippen LogP contribution in [0.1, 0.15) is 10.4 Å². The Morgan fingerprint density at radius 1 is 1.12 bits per heavy atom. The normalized spacial score (nSPS) is 10.3. The Kier molecular flexibility index (Phi) is 4.81. The number of aromatic nitrogens is 2. The summed E-state index contributed by atoms with van der Waals surface area (Å²) in [6.45, 7) is 0. The number of benzene rings is 1. The van der Waals surface area contributed by atoms with Crippen LogP contribution in [0.4, 0.5) is 17.2 Å². The Hall–Kier alpha value is -3.12. The fourth-order valence-corrected chi connectivity index (χ4v) is 2.38. The van der Waals surface area contributed by atoms with Gasteiger partial charge in [-0.3, -0.25) is 9.59 Å². The number of aryl methyl sites for hydroxylation is 1. The molecule has 0 aliphatic carbocycles. The minimum Gasteiger partial charge on any atom is -0.354 e. The number of hydrogen-bond donors (Lipinski definition) is 2. The highest BCUT2D eigenvalue weighted by atomic mass is 35.5. The third-order valence-electron chi connectivity index (χ3n) is 3.47. The van der Waals surface area contributed by atoms with E-state index in [1.165, 1.54) is 22.9 Å². The summed E-state index contributed by atoms with van der Waals surface area (Å²) >= 11 is 5.95. The maximum atomic E-state index is 12.2. The average molecular weight is 355 g/mol. The summed E-state index contributed by atoms with van der Waals surface area (Å²) in [7, 11) is 1.59. The Labute approximate surface area is 149 Å². The molecule has 0 saturated heterocycles. The quantitative estimate of drug-likeness (QED) is 0.752. The molecule has 3 aromatic rings. The monoisotopic (exact) mass is 354 g/mol. The topological polar surface area (TPSA) is 76.0 Å². The molecule has 0 saturated carbocycles. The van der Waals surface area contributed by atoms with Crippen LogP contribution in [0, 0.1) is 0 Å². The minimum atomic E-state index is -0.335. The first-order valence-electron chi connectivity index (χ1n) is 7.48. The minimum absolute atomic E-state index is 0.175. The average Bonchev–Trinajstić information content (AvgIpc) is 2.59. The Bertz CT molecular complexity index is 967. The van der Waals surface area contributed by atoms with Gasteiger partial charge in [0.05, 0.1) is 17.4 Å². The number of carbonyl (C=O) groups excluding carboxylic acids is 1. The lowest BCUT2D eigenvalue weighted by Crippen LogP contribution is -2.19. The molecular formula is C18H15ClN4O2. The molecular weight excluding hydrogens is 340 g/mol. The first kappa shape index (κ1) is 16.7. The molecule has 0 radical (unpaired) electrons. The van der Waals surface area contributed by atoms with Gasteiger partial charge in [-0.1, -0.05) is 17.7 Å². The molecule has 1 amide bonds. The van der Waals surface area contributed by atoms with Gasteiger partial charge in [-0.15, -0.1) is 0 Å². The van der Waals surface area contributed by atoms with Gasteiger partial charge in [-0.05, 0) is 36.4 Å². The van der Waals surface area contributed by atoms with Crippen LogP contribution in [0.25, 0.3) is 0 Å². The molecule has 7 heteroatoms. The van der Waals surface area contributed by atoms with Crippen LogP contribution in [0.3, 0.4) is 0 Å². The van der Waals surface area contributed by atoms with E-state index in [9.17, 15) is 9.59 Å². The molecule has 0 spiro atoms. The second-order valence-corrected chi connectivity index (χ2v) is 5.82. The van der Waals surface area contributed by atoms with Crippen LogP contribution in [-0.4, -0.2) is 15.5 Å². The summed E-state index contributed by atoms with van der Waals surface area (Å²) in [4.78, 5) is 27.8. The Balaban J connectivity index is 1.68. The largest absolute Gasteiger partial charge is 0.354 e. The van der Waals surface area contributed by atoms with E-state index in [0.29, 0.717) is 16.4 Å². The van der Waals surface area contributed by atoms with Crippen molar-refractivity contribution in [2.24, 2.45) is 7.05 Å². The predicted octanol–water partition coefficient (Wildman–Crippen LogP) is 3.43. The highest BCUT2D eigenvalue weighted by molar-refractivity contribution is 6.30. The van der Waals surface area contributed by atoms with Crippen LogP contribution in [-0.2, 0) is 7.05 Å². The van der Waals surface area contributed by atoms with Gasteiger partial charge in [0, 0.05) is 30.0 Å². The number of halogens is 1. The lowest BCUT2D eigenvalue weighted by molar-refractivity contribution is 0.102. The van der Waals surface area contributed by atoms with Gasteiger partial charge in [-0.25, -0.2) is 4.98 Å². The number of nitrogens with zero attached hydrogens (tertiary/aromatic N) is 2. The van der Waals surface area contributed by atoms with Crippen molar-refractivity contribution < 1.29 is 4.79 Å². The van der Waals surface area contributed by atoms with Crippen LogP contribution < -0.4 is 16.2 Å². The smallest absolute Gasteiger partial charge is 0.258 e. The number of anilines is 3. The molecule has 126 valence electrons. The summed E-state index contributed by atoms with van der Waals surface area (Å²) < 4.78 is 1.35. The molecule has 0 bridgehead atoms. The Morgan fingerprint density at radius 3 is 2.64 bits per heavy atom. The first-order valence-corrected chi connectivity index (χ1v) is 7.86. The number of amides is 1. The molecule has 2 aromatic heterocycles. The number of hydrogen-bond acceptors (Lipinski definition) is 4. The van der Waals surface area contributed by atoms with Gasteiger partial charge in [0.25, 0.3) is 5.91 Å². The molecule has 6 nitrogen and oxygen atoms in total. The molecule has 0 aliphatic heterocycles. The van der Waals surface area contributed by atoms with E-state index in [1.54, 1.807) is 37.5 Å². The highest BCUT2D eigenvalue weighted by Gasteiger charge is 2.08. The molecule has 0 unspecified atom stereocenters. The lowest BCUT2D eigenvalue weighted by Gasteiger charge is -2.08. The highest BCUT2D eigenvalue weighted by Crippen LogP contribution is 2.20. The van der Waals surface area contributed by atoms with Gasteiger partial charge < -0.3 is 15.2 Å². The zero-order valence-corrected chi connectivity index (χ0v) is 14.1. The molecule has 0 atom stereocenters. The Morgan fingerprint density at radius 2 is 1.96 bits per heavy atom. The van der Waals surface area contributed by atoms with Crippen LogP contribution in [0.15, 0.2) is 65.7 Å². The summed E-state index contributed by atoms with van der Waals surface area (Å²) in [6, 6.07) is 13.6. The molecule has 1 aromatic carbocycles. The zero-order valence-electron chi connectivity index (χ0n) is 13.4. The first-order chi connectivity index (χ1) is 12.0. The second-order valence-electron chi connectivity index (χ2n) is 5.39. The fourth-order valence-electron chi connectivity index (χ4n) is 2.19. The van der Waals surface area contributed by atoms with Crippen molar-refractivity contribution in [1.82, 2.24) is 9.55 Å². The van der Waals surface area contributed by atoms with Gasteiger partial charge >= 0.3 is 0 Å². The van der Waals surface area contributed by atoms with E-state index in [4.69, 9.17) is 11.6 Å². The van der Waals surface area contributed by atoms with Crippen molar-refractivity contribution in [3.63, 3.8) is 0 Å². The maximum absolute atomic E-state index is 12.2. The number of pyridine rings is 2. The predicted molar refractivity (Wildman–Crippen MR) is 98.6 cm³/mol. The van der Waals surface area contributed by atoms with Crippen molar-refractivity contribution in [2.75, 3.05) is 10.6 Å². The van der Waals surface area contributed by atoms with E-state index in [1.807, 2.05) is 12.1 Å². The van der Waals surface area contributed by atoms with E-state index in [2.05, 4.69) is 15.6 Å². The van der Waals surface area contributed by atoms with E-state index < -0.39 is 0 Å². The standard InChI is InChI=1S/C18H15ClN4O2/c1-23-11-12(5-8-17(23)24)18(25)22-16-7-6-15(10-20-16)21-14-4-2-3-13(19)9-14/h2-11,21H,1H3,(H,20,22,25). The van der Waals surface area contributed by atoms with Crippen molar-refractivity contribution >= 4 is 34.7 Å². The number of nitrogens with one attached hydrogen (secondary N) is 2. The van der Waals surface area contributed by atoms with Crippen molar-refractivity contribution in [3.05, 3.63) is 81.9 Å². The van der Waals surface area contributed by atoms with Gasteiger partial charge in [0.2, 0.25) is 5.56 Å². The van der Waals surface area contributed by atoms with Crippen LogP contribution >= 0.6 is 11.6 Å². The second kappa shape index (κ2) is 7.19. The zero-order chi connectivity index (χ0) is 17.8. The van der Waals surface area contributed by atoms with E-state index in [0.717, 1.165) is 11.4 Å². The molecule has 2 N–H and O–H groups in total. The molecule has 0 aliphatic rings.